The number of carbonyl (C=O) groups excluding carboxylic acids is 1. The van der Waals surface area contributed by atoms with Gasteiger partial charge in [0.25, 0.3) is 5.56 Å². The molecule has 0 radical (unpaired) electrons. The van der Waals surface area contributed by atoms with Crippen LogP contribution in [0.3, 0.4) is 0 Å². The third-order valence-electron chi connectivity index (χ3n) is 5.58. The first-order valence-corrected chi connectivity index (χ1v) is 10.5. The fourth-order valence-electron chi connectivity index (χ4n) is 4.43. The fourth-order valence-corrected chi connectivity index (χ4v) is 4.43. The molecule has 0 spiro atoms. The number of esters is 1. The van der Waals surface area contributed by atoms with Gasteiger partial charge in [-0.25, -0.2) is 4.79 Å². The molecule has 32 heavy (non-hydrogen) atoms. The number of fused-ring (bicyclic) bond motifs is 5. The molecule has 6 heteroatoms. The summed E-state index contributed by atoms with van der Waals surface area (Å²) in [5.41, 5.74) is 3.13. The molecule has 0 aliphatic carbocycles. The molecule has 0 saturated heterocycles. The predicted molar refractivity (Wildman–Crippen MR) is 126 cm³/mol. The Labute approximate surface area is 184 Å². The normalized spacial score (nSPS) is 11.7. The number of carbonyl (C=O) groups is 1. The van der Waals surface area contributed by atoms with Crippen molar-refractivity contribution in [1.82, 2.24) is 9.38 Å². The van der Waals surface area contributed by atoms with Crippen molar-refractivity contribution in [2.75, 3.05) is 6.61 Å². The smallest absolute Gasteiger partial charge is 0.344 e. The van der Waals surface area contributed by atoms with Crippen LogP contribution in [0, 0.1) is 0 Å². The molecule has 0 amide bonds. The molecular formula is C26H22N2O4. The summed E-state index contributed by atoms with van der Waals surface area (Å²) in [4.78, 5) is 30.1. The van der Waals surface area contributed by atoms with E-state index in [-0.39, 0.29) is 18.3 Å². The number of hydrogen-bond acceptors (Lipinski definition) is 5. The van der Waals surface area contributed by atoms with E-state index in [4.69, 9.17) is 9.47 Å². The second kappa shape index (κ2) is 7.64. The maximum absolute atomic E-state index is 13.5. The zero-order valence-corrected chi connectivity index (χ0v) is 17.9. The van der Waals surface area contributed by atoms with Gasteiger partial charge in [-0.3, -0.25) is 14.2 Å². The maximum atomic E-state index is 13.5. The van der Waals surface area contributed by atoms with Gasteiger partial charge in [0.15, 0.2) is 6.61 Å². The van der Waals surface area contributed by atoms with Crippen molar-refractivity contribution in [2.45, 2.75) is 26.4 Å². The molecule has 0 unspecified atom stereocenters. The van der Waals surface area contributed by atoms with Gasteiger partial charge in [0.2, 0.25) is 0 Å². The van der Waals surface area contributed by atoms with E-state index in [0.29, 0.717) is 17.6 Å². The van der Waals surface area contributed by atoms with E-state index in [0.717, 1.165) is 38.3 Å². The highest BCUT2D eigenvalue weighted by Gasteiger charge is 2.21. The Kier molecular flexibility index (Phi) is 4.78. The Morgan fingerprint density at radius 1 is 1.12 bits per heavy atom. The Bertz CT molecular complexity index is 1570. The van der Waals surface area contributed by atoms with Crippen molar-refractivity contribution in [3.8, 4) is 5.75 Å². The monoisotopic (exact) mass is 426 g/mol. The molecule has 3 aromatic heterocycles. The van der Waals surface area contributed by atoms with Crippen LogP contribution in [0.15, 0.2) is 66.1 Å². The first-order chi connectivity index (χ1) is 15.5. The summed E-state index contributed by atoms with van der Waals surface area (Å²) in [6, 6.07) is 13.1. The van der Waals surface area contributed by atoms with Crippen LogP contribution in [-0.4, -0.2) is 28.1 Å². The minimum Gasteiger partial charge on any atom is -0.482 e. The molecule has 0 aliphatic rings. The molecule has 0 fully saturated rings. The van der Waals surface area contributed by atoms with Crippen molar-refractivity contribution < 1.29 is 14.3 Å². The summed E-state index contributed by atoms with van der Waals surface area (Å²) < 4.78 is 12.8. The summed E-state index contributed by atoms with van der Waals surface area (Å²) >= 11 is 0. The molecule has 0 aliphatic heterocycles. The van der Waals surface area contributed by atoms with Gasteiger partial charge < -0.3 is 9.47 Å². The molecule has 3 heterocycles. The summed E-state index contributed by atoms with van der Waals surface area (Å²) in [5, 5.41) is 3.27. The van der Waals surface area contributed by atoms with E-state index in [9.17, 15) is 9.59 Å². The molecule has 0 bridgehead atoms. The summed E-state index contributed by atoms with van der Waals surface area (Å²) in [7, 11) is 0. The molecule has 5 aromatic rings. The Morgan fingerprint density at radius 2 is 1.91 bits per heavy atom. The van der Waals surface area contributed by atoms with Crippen LogP contribution < -0.4 is 10.3 Å². The molecule has 0 N–H and O–H groups in total. The van der Waals surface area contributed by atoms with E-state index in [1.807, 2.05) is 36.4 Å². The van der Waals surface area contributed by atoms with Crippen LogP contribution >= 0.6 is 0 Å². The van der Waals surface area contributed by atoms with Gasteiger partial charge in [-0.05, 0) is 44.5 Å². The highest BCUT2D eigenvalue weighted by molar-refractivity contribution is 6.19. The summed E-state index contributed by atoms with van der Waals surface area (Å²) in [6.45, 7) is 7.29. The maximum Gasteiger partial charge on any atom is 0.344 e. The standard InChI is InChI=1S/C26H22N2O4/c1-4-7-18-21(31-14-22(29)32-15(2)3)11-10-20-23(18)19-12-13-27-24-16-8-5-6-9-17(16)26(30)28(20)25(19)24/h4-6,8-13,15H,1,7,14H2,2-3H3. The molecule has 160 valence electrons. The lowest BCUT2D eigenvalue weighted by molar-refractivity contribution is -0.149. The number of pyridine rings is 2. The van der Waals surface area contributed by atoms with Gasteiger partial charge in [-0.1, -0.05) is 24.3 Å². The van der Waals surface area contributed by atoms with Crippen molar-refractivity contribution in [3.63, 3.8) is 0 Å². The van der Waals surface area contributed by atoms with Crippen LogP contribution in [0.2, 0.25) is 0 Å². The second-order valence-electron chi connectivity index (χ2n) is 8.00. The lowest BCUT2D eigenvalue weighted by atomic mass is 10.0. The Hall–Kier alpha value is -3.93. The van der Waals surface area contributed by atoms with Gasteiger partial charge in [0.05, 0.1) is 22.7 Å². The SMILES string of the molecule is C=CCc1c(OCC(=O)OC(C)C)ccc2c1c1ccnc3c4ccccc4c(=O)n2c13. The lowest BCUT2D eigenvalue weighted by Crippen LogP contribution is -2.19. The zero-order valence-electron chi connectivity index (χ0n) is 17.9. The number of aromatic nitrogens is 2. The second-order valence-corrected chi connectivity index (χ2v) is 8.00. The zero-order chi connectivity index (χ0) is 22.4. The van der Waals surface area contributed by atoms with Crippen molar-refractivity contribution in [3.05, 3.63) is 77.2 Å². The molecule has 0 saturated carbocycles. The van der Waals surface area contributed by atoms with Crippen molar-refractivity contribution in [2.24, 2.45) is 0 Å². The summed E-state index contributed by atoms with van der Waals surface area (Å²) in [5.74, 6) is 0.141. The number of nitrogens with zero attached hydrogens (tertiary/aromatic N) is 2. The molecule has 6 nitrogen and oxygen atoms in total. The highest BCUT2D eigenvalue weighted by Crippen LogP contribution is 2.38. The third-order valence-corrected chi connectivity index (χ3v) is 5.58. The first-order valence-electron chi connectivity index (χ1n) is 10.5. The third kappa shape index (κ3) is 2.99. The molecular weight excluding hydrogens is 404 g/mol. The largest absolute Gasteiger partial charge is 0.482 e. The first kappa shape index (κ1) is 20.0. The van der Waals surface area contributed by atoms with Crippen LogP contribution in [0.25, 0.3) is 38.1 Å². The van der Waals surface area contributed by atoms with Gasteiger partial charge in [0, 0.05) is 33.3 Å². The average Bonchev–Trinajstić information content (AvgIpc) is 3.12. The number of hydrogen-bond donors (Lipinski definition) is 0. The van der Waals surface area contributed by atoms with Gasteiger partial charge >= 0.3 is 5.97 Å². The lowest BCUT2D eigenvalue weighted by Gasteiger charge is -2.13. The topological polar surface area (TPSA) is 69.9 Å². The van der Waals surface area contributed by atoms with Crippen LogP contribution in [0.4, 0.5) is 0 Å². The molecule has 5 rings (SSSR count). The van der Waals surface area contributed by atoms with Crippen LogP contribution in [-0.2, 0) is 16.0 Å². The predicted octanol–water partition coefficient (Wildman–Crippen LogP) is 4.65. The molecule has 2 aromatic carbocycles. The summed E-state index contributed by atoms with van der Waals surface area (Å²) in [6.07, 6.45) is 3.86. The Balaban J connectivity index is 1.81. The van der Waals surface area contributed by atoms with Crippen molar-refractivity contribution >= 4 is 44.1 Å². The number of ether oxygens (including phenoxy) is 2. The van der Waals surface area contributed by atoms with E-state index >= 15 is 0 Å². The number of benzene rings is 2. The van der Waals surface area contributed by atoms with E-state index in [1.165, 1.54) is 0 Å². The van der Waals surface area contributed by atoms with E-state index < -0.39 is 5.97 Å². The molecule has 0 atom stereocenters. The quantitative estimate of drug-likeness (QED) is 0.225. The Morgan fingerprint density at radius 3 is 2.66 bits per heavy atom. The van der Waals surface area contributed by atoms with E-state index in [1.54, 1.807) is 36.6 Å². The fraction of sp³-hybridized carbons (Fsp3) is 0.192. The van der Waals surface area contributed by atoms with Crippen LogP contribution in [0.1, 0.15) is 19.4 Å². The number of allylic oxidation sites excluding steroid dienone is 1. The van der Waals surface area contributed by atoms with Gasteiger partial charge in [0.1, 0.15) is 5.75 Å². The number of rotatable bonds is 6. The van der Waals surface area contributed by atoms with Crippen LogP contribution in [0.5, 0.6) is 5.75 Å². The average molecular weight is 426 g/mol. The van der Waals surface area contributed by atoms with Gasteiger partial charge in [-0.15, -0.1) is 6.58 Å². The minimum absolute atomic E-state index is 0.0835. The van der Waals surface area contributed by atoms with Crippen molar-refractivity contribution in [1.29, 1.82) is 0 Å². The highest BCUT2D eigenvalue weighted by atomic mass is 16.6. The van der Waals surface area contributed by atoms with Gasteiger partial charge in [-0.2, -0.15) is 0 Å². The van der Waals surface area contributed by atoms with E-state index in [2.05, 4.69) is 11.6 Å². The minimum atomic E-state index is -0.429.